The Bertz CT molecular complexity index is 962. The number of imidazole rings is 1. The van der Waals surface area contributed by atoms with Gasteiger partial charge in [-0.25, -0.2) is 9.78 Å². The lowest BCUT2D eigenvalue weighted by molar-refractivity contribution is 0.0526. The van der Waals surface area contributed by atoms with Crippen LogP contribution in [-0.4, -0.2) is 32.1 Å². The normalized spacial score (nSPS) is 11.0. The van der Waals surface area contributed by atoms with E-state index in [1.165, 1.54) is 0 Å². The number of carbonyl (C=O) groups excluding carboxylic acids is 1. The van der Waals surface area contributed by atoms with E-state index in [4.69, 9.17) is 10.5 Å². The van der Waals surface area contributed by atoms with Gasteiger partial charge in [-0.1, -0.05) is 0 Å². The summed E-state index contributed by atoms with van der Waals surface area (Å²) in [6, 6.07) is 5.24. The molecule has 2 aromatic heterocycles. The van der Waals surface area contributed by atoms with Crippen LogP contribution in [0.25, 0.3) is 11.0 Å². The molecule has 7 heteroatoms. The summed E-state index contributed by atoms with van der Waals surface area (Å²) in [7, 11) is 0. The summed E-state index contributed by atoms with van der Waals surface area (Å²) in [4.78, 5) is 25.4. The number of esters is 1. The summed E-state index contributed by atoms with van der Waals surface area (Å²) >= 11 is 0. The van der Waals surface area contributed by atoms with E-state index in [2.05, 4.69) is 15.0 Å². The van der Waals surface area contributed by atoms with Gasteiger partial charge >= 0.3 is 5.97 Å². The van der Waals surface area contributed by atoms with E-state index in [9.17, 15) is 4.79 Å². The van der Waals surface area contributed by atoms with Crippen molar-refractivity contribution >= 4 is 23.0 Å². The van der Waals surface area contributed by atoms with Crippen LogP contribution < -0.4 is 5.73 Å². The minimum absolute atomic E-state index is 0.332. The van der Waals surface area contributed by atoms with Gasteiger partial charge in [0.2, 0.25) is 5.95 Å². The number of benzene rings is 1. The number of hydrogen-bond acceptors (Lipinski definition) is 6. The number of ether oxygens (including phenoxy) is 1. The molecule has 25 heavy (non-hydrogen) atoms. The predicted octanol–water partition coefficient (Wildman–Crippen LogP) is 2.56. The third-order valence-corrected chi connectivity index (χ3v) is 4.18. The summed E-state index contributed by atoms with van der Waals surface area (Å²) in [6.07, 6.45) is 0. The van der Waals surface area contributed by atoms with Crippen LogP contribution in [0.2, 0.25) is 0 Å². The maximum atomic E-state index is 11.9. The highest BCUT2D eigenvalue weighted by Gasteiger charge is 2.15. The van der Waals surface area contributed by atoms with E-state index in [0.717, 1.165) is 28.3 Å². The number of hydrogen-bond donors (Lipinski definition) is 1. The lowest BCUT2D eigenvalue weighted by Crippen LogP contribution is -2.10. The van der Waals surface area contributed by atoms with Crippen molar-refractivity contribution in [1.82, 2.24) is 19.5 Å². The van der Waals surface area contributed by atoms with Crippen LogP contribution in [0.4, 0.5) is 5.95 Å². The monoisotopic (exact) mass is 339 g/mol. The first-order valence-corrected chi connectivity index (χ1v) is 8.14. The molecule has 0 saturated heterocycles. The first kappa shape index (κ1) is 16.9. The van der Waals surface area contributed by atoms with Gasteiger partial charge in [-0.05, 0) is 45.9 Å². The lowest BCUT2D eigenvalue weighted by atomic mass is 10.2. The zero-order valence-corrected chi connectivity index (χ0v) is 14.8. The Morgan fingerprint density at radius 3 is 2.56 bits per heavy atom. The first-order chi connectivity index (χ1) is 11.9. The van der Waals surface area contributed by atoms with Crippen LogP contribution in [-0.2, 0) is 11.3 Å². The van der Waals surface area contributed by atoms with E-state index < -0.39 is 0 Å². The molecule has 0 amide bonds. The number of carbonyl (C=O) groups is 1. The lowest BCUT2D eigenvalue weighted by Gasteiger charge is -2.10. The molecule has 7 nitrogen and oxygen atoms in total. The number of nitrogens with two attached hydrogens (primary N) is 1. The van der Waals surface area contributed by atoms with Gasteiger partial charge in [0.15, 0.2) is 0 Å². The molecule has 0 aliphatic carbocycles. The molecule has 3 rings (SSSR count). The predicted molar refractivity (Wildman–Crippen MR) is 95.4 cm³/mol. The fourth-order valence-electron chi connectivity index (χ4n) is 2.72. The van der Waals surface area contributed by atoms with Crippen molar-refractivity contribution in [3.8, 4) is 0 Å². The second kappa shape index (κ2) is 6.51. The molecule has 0 atom stereocenters. The summed E-state index contributed by atoms with van der Waals surface area (Å²) in [5.74, 6) is 0.00355. The standard InChI is InChI=1S/C18H21N5O2/c1-5-25-17(24)13-6-7-16-14(8-13)22-18(19)23(16)9-15-12(4)20-10(2)11(3)21-15/h6-8H,5,9H2,1-4H3,(H2,19,22). The summed E-state index contributed by atoms with van der Waals surface area (Å²) in [5.41, 5.74) is 11.6. The molecule has 0 aliphatic heterocycles. The van der Waals surface area contributed by atoms with Gasteiger partial charge in [-0.3, -0.25) is 9.97 Å². The van der Waals surface area contributed by atoms with Gasteiger partial charge in [-0.15, -0.1) is 0 Å². The number of nitrogens with zero attached hydrogens (tertiary/aromatic N) is 4. The van der Waals surface area contributed by atoms with E-state index in [0.29, 0.717) is 30.2 Å². The van der Waals surface area contributed by atoms with Gasteiger partial charge in [-0.2, -0.15) is 0 Å². The molecule has 0 unspecified atom stereocenters. The summed E-state index contributed by atoms with van der Waals surface area (Å²) in [5, 5.41) is 0. The fourth-order valence-corrected chi connectivity index (χ4v) is 2.72. The van der Waals surface area contributed by atoms with E-state index in [1.54, 1.807) is 19.1 Å². The molecule has 0 spiro atoms. The van der Waals surface area contributed by atoms with Crippen molar-refractivity contribution in [2.24, 2.45) is 0 Å². The van der Waals surface area contributed by atoms with Gasteiger partial charge in [0.25, 0.3) is 0 Å². The number of anilines is 1. The number of rotatable bonds is 4. The maximum Gasteiger partial charge on any atom is 0.338 e. The van der Waals surface area contributed by atoms with Crippen LogP contribution in [0.1, 0.15) is 40.1 Å². The number of aryl methyl sites for hydroxylation is 3. The van der Waals surface area contributed by atoms with Gasteiger partial charge in [0.05, 0.1) is 52.5 Å². The smallest absolute Gasteiger partial charge is 0.338 e. The number of aromatic nitrogens is 4. The highest BCUT2D eigenvalue weighted by molar-refractivity contribution is 5.94. The van der Waals surface area contributed by atoms with Crippen molar-refractivity contribution in [2.45, 2.75) is 34.2 Å². The molecule has 130 valence electrons. The number of nitrogen functional groups attached to an aromatic ring is 1. The molecule has 2 heterocycles. The largest absolute Gasteiger partial charge is 0.462 e. The highest BCUT2D eigenvalue weighted by Crippen LogP contribution is 2.22. The van der Waals surface area contributed by atoms with Crippen LogP contribution in [0.3, 0.4) is 0 Å². The average molecular weight is 339 g/mol. The van der Waals surface area contributed by atoms with Crippen molar-refractivity contribution in [1.29, 1.82) is 0 Å². The Labute approximate surface area is 145 Å². The molecular weight excluding hydrogens is 318 g/mol. The van der Waals surface area contributed by atoms with Crippen LogP contribution in [0.15, 0.2) is 18.2 Å². The SMILES string of the molecule is CCOC(=O)c1ccc2c(c1)nc(N)n2Cc1nc(C)c(C)nc1C. The van der Waals surface area contributed by atoms with Crippen molar-refractivity contribution < 1.29 is 9.53 Å². The molecule has 0 fully saturated rings. The van der Waals surface area contributed by atoms with Crippen LogP contribution >= 0.6 is 0 Å². The summed E-state index contributed by atoms with van der Waals surface area (Å²) < 4.78 is 6.90. The Morgan fingerprint density at radius 2 is 1.84 bits per heavy atom. The first-order valence-electron chi connectivity index (χ1n) is 8.14. The molecule has 0 radical (unpaired) electrons. The molecule has 0 aliphatic rings. The van der Waals surface area contributed by atoms with Gasteiger partial charge < -0.3 is 15.0 Å². The Kier molecular flexibility index (Phi) is 4.39. The maximum absolute atomic E-state index is 11.9. The zero-order valence-electron chi connectivity index (χ0n) is 14.8. The third kappa shape index (κ3) is 3.17. The minimum atomic E-state index is -0.367. The fraction of sp³-hybridized carbons (Fsp3) is 0.333. The average Bonchev–Trinajstić information content (AvgIpc) is 2.87. The van der Waals surface area contributed by atoms with Crippen LogP contribution in [0.5, 0.6) is 0 Å². The van der Waals surface area contributed by atoms with E-state index in [1.807, 2.05) is 31.4 Å². The van der Waals surface area contributed by atoms with Gasteiger partial charge in [0, 0.05) is 0 Å². The number of fused-ring (bicyclic) bond motifs is 1. The third-order valence-electron chi connectivity index (χ3n) is 4.18. The molecular formula is C18H21N5O2. The zero-order chi connectivity index (χ0) is 18.1. The van der Waals surface area contributed by atoms with Crippen molar-refractivity contribution in [3.63, 3.8) is 0 Å². The second-order valence-corrected chi connectivity index (χ2v) is 5.91. The quantitative estimate of drug-likeness (QED) is 0.734. The highest BCUT2D eigenvalue weighted by atomic mass is 16.5. The van der Waals surface area contributed by atoms with Crippen molar-refractivity contribution in [3.05, 3.63) is 46.5 Å². The topological polar surface area (TPSA) is 95.9 Å². The second-order valence-electron chi connectivity index (χ2n) is 5.91. The van der Waals surface area contributed by atoms with E-state index >= 15 is 0 Å². The van der Waals surface area contributed by atoms with Crippen molar-refractivity contribution in [2.75, 3.05) is 12.3 Å². The van der Waals surface area contributed by atoms with Crippen LogP contribution in [0, 0.1) is 20.8 Å². The molecule has 0 saturated carbocycles. The minimum Gasteiger partial charge on any atom is -0.462 e. The molecule has 0 bridgehead atoms. The molecule has 2 N–H and O–H groups in total. The Hall–Kier alpha value is -2.96. The molecule has 1 aromatic carbocycles. The Morgan fingerprint density at radius 1 is 1.12 bits per heavy atom. The molecule has 3 aromatic rings. The summed E-state index contributed by atoms with van der Waals surface area (Å²) in [6.45, 7) is 8.39. The van der Waals surface area contributed by atoms with E-state index in [-0.39, 0.29) is 5.97 Å². The van der Waals surface area contributed by atoms with Gasteiger partial charge in [0.1, 0.15) is 0 Å². The Balaban J connectivity index is 2.01.